The second-order valence-corrected chi connectivity index (χ2v) is 3.00. The van der Waals surface area contributed by atoms with E-state index in [9.17, 15) is 14.4 Å². The number of carboxylic acid groups (broad SMARTS) is 1. The lowest BCUT2D eigenvalue weighted by Gasteiger charge is -2.15. The molecule has 0 saturated heterocycles. The Morgan fingerprint density at radius 3 is 2.29 bits per heavy atom. The fourth-order valence-corrected chi connectivity index (χ4v) is 0.676. The molecule has 0 aromatic rings. The van der Waals surface area contributed by atoms with Gasteiger partial charge in [-0.05, 0) is 6.92 Å². The number of likely N-dealkylation sites (N-methyl/N-ethyl adjacent to an activating group) is 1. The third-order valence-corrected chi connectivity index (χ3v) is 1.67. The van der Waals surface area contributed by atoms with Gasteiger partial charge >= 0.3 is 5.97 Å². The average Bonchev–Trinajstić information content (AvgIpc) is 2.03. The van der Waals surface area contributed by atoms with Gasteiger partial charge in [0.05, 0.1) is 6.54 Å². The van der Waals surface area contributed by atoms with Crippen LogP contribution >= 0.6 is 0 Å². The molecule has 0 spiro atoms. The molecule has 0 fully saturated rings. The molecular weight excluding hydrogens is 188 g/mol. The molecule has 0 aromatic heterocycles. The number of hydrogen-bond acceptors (Lipinski definition) is 3. The number of nitrogens with zero attached hydrogens (tertiary/aromatic N) is 1. The van der Waals surface area contributed by atoms with Gasteiger partial charge in [0.2, 0.25) is 11.8 Å². The van der Waals surface area contributed by atoms with Crippen molar-refractivity contribution in [3.8, 4) is 0 Å². The minimum Gasteiger partial charge on any atom is -0.480 e. The van der Waals surface area contributed by atoms with Gasteiger partial charge < -0.3 is 15.3 Å². The van der Waals surface area contributed by atoms with Crippen molar-refractivity contribution in [1.29, 1.82) is 0 Å². The summed E-state index contributed by atoms with van der Waals surface area (Å²) >= 11 is 0. The van der Waals surface area contributed by atoms with Crippen LogP contribution in [0.2, 0.25) is 0 Å². The van der Waals surface area contributed by atoms with Crippen LogP contribution in [0, 0.1) is 0 Å². The topological polar surface area (TPSA) is 86.7 Å². The van der Waals surface area contributed by atoms with Crippen LogP contribution < -0.4 is 5.32 Å². The van der Waals surface area contributed by atoms with E-state index in [0.29, 0.717) is 0 Å². The SMILES string of the molecule is CC(=O)N(C)CC(=O)NC(C)C(=O)O. The Kier molecular flexibility index (Phi) is 4.62. The van der Waals surface area contributed by atoms with Gasteiger partial charge in [0, 0.05) is 14.0 Å². The van der Waals surface area contributed by atoms with Gasteiger partial charge in [-0.1, -0.05) is 0 Å². The smallest absolute Gasteiger partial charge is 0.325 e. The number of carboxylic acids is 1. The Hall–Kier alpha value is -1.59. The van der Waals surface area contributed by atoms with Gasteiger partial charge in [0.15, 0.2) is 0 Å². The summed E-state index contributed by atoms with van der Waals surface area (Å²) < 4.78 is 0. The van der Waals surface area contributed by atoms with Crippen molar-refractivity contribution >= 4 is 17.8 Å². The molecule has 0 bridgehead atoms. The van der Waals surface area contributed by atoms with E-state index in [1.54, 1.807) is 0 Å². The number of aliphatic carboxylic acids is 1. The maximum atomic E-state index is 11.1. The highest BCUT2D eigenvalue weighted by Gasteiger charge is 2.15. The summed E-state index contributed by atoms with van der Waals surface area (Å²) in [4.78, 5) is 33.4. The van der Waals surface area contributed by atoms with Gasteiger partial charge in [-0.3, -0.25) is 14.4 Å². The van der Waals surface area contributed by atoms with Crippen LogP contribution in [0.1, 0.15) is 13.8 Å². The predicted molar refractivity (Wildman–Crippen MR) is 48.6 cm³/mol. The standard InChI is InChI=1S/C8H14N2O4/c1-5(8(13)14)9-7(12)4-10(3)6(2)11/h5H,4H2,1-3H3,(H,9,12)(H,13,14). The Labute approximate surface area is 81.9 Å². The molecule has 0 heterocycles. The highest BCUT2D eigenvalue weighted by Crippen LogP contribution is 1.86. The lowest BCUT2D eigenvalue weighted by atomic mass is 10.3. The lowest BCUT2D eigenvalue weighted by molar-refractivity contribution is -0.141. The zero-order chi connectivity index (χ0) is 11.3. The van der Waals surface area contributed by atoms with Crippen molar-refractivity contribution in [2.75, 3.05) is 13.6 Å². The molecule has 1 unspecified atom stereocenters. The van der Waals surface area contributed by atoms with E-state index < -0.39 is 17.9 Å². The molecule has 14 heavy (non-hydrogen) atoms. The highest BCUT2D eigenvalue weighted by atomic mass is 16.4. The first kappa shape index (κ1) is 12.4. The van der Waals surface area contributed by atoms with E-state index in [4.69, 9.17) is 5.11 Å². The van der Waals surface area contributed by atoms with Crippen LogP contribution in [0.5, 0.6) is 0 Å². The van der Waals surface area contributed by atoms with E-state index in [2.05, 4.69) is 5.32 Å². The fourth-order valence-electron chi connectivity index (χ4n) is 0.676. The van der Waals surface area contributed by atoms with Gasteiger partial charge in [-0.2, -0.15) is 0 Å². The minimum absolute atomic E-state index is 0.132. The van der Waals surface area contributed by atoms with Crippen LogP contribution in [-0.4, -0.2) is 47.4 Å². The van der Waals surface area contributed by atoms with Crippen LogP contribution in [0.25, 0.3) is 0 Å². The summed E-state index contributed by atoms with van der Waals surface area (Å²) in [5.74, 6) is -1.84. The van der Waals surface area contributed by atoms with Crippen LogP contribution in [0.15, 0.2) is 0 Å². The first-order valence-corrected chi connectivity index (χ1v) is 4.08. The second-order valence-electron chi connectivity index (χ2n) is 3.00. The quantitative estimate of drug-likeness (QED) is 0.615. The average molecular weight is 202 g/mol. The van der Waals surface area contributed by atoms with Crippen molar-refractivity contribution in [3.05, 3.63) is 0 Å². The largest absolute Gasteiger partial charge is 0.480 e. The van der Waals surface area contributed by atoms with Crippen molar-refractivity contribution in [2.45, 2.75) is 19.9 Å². The van der Waals surface area contributed by atoms with Gasteiger partial charge in [0.25, 0.3) is 0 Å². The normalized spacial score (nSPS) is 11.6. The first-order valence-electron chi connectivity index (χ1n) is 4.08. The molecule has 0 aliphatic carbocycles. The molecule has 0 saturated carbocycles. The maximum Gasteiger partial charge on any atom is 0.325 e. The Morgan fingerprint density at radius 2 is 1.93 bits per heavy atom. The summed E-state index contributed by atoms with van der Waals surface area (Å²) in [6.45, 7) is 2.55. The van der Waals surface area contributed by atoms with E-state index in [1.165, 1.54) is 25.8 Å². The molecule has 1 atom stereocenters. The van der Waals surface area contributed by atoms with Crippen molar-refractivity contribution in [1.82, 2.24) is 10.2 Å². The molecule has 6 heteroatoms. The lowest BCUT2D eigenvalue weighted by Crippen LogP contribution is -2.44. The summed E-state index contributed by atoms with van der Waals surface area (Å²) in [6, 6.07) is -0.942. The molecule has 0 aromatic carbocycles. The van der Waals surface area contributed by atoms with Crippen LogP contribution in [-0.2, 0) is 14.4 Å². The van der Waals surface area contributed by atoms with Crippen molar-refractivity contribution in [2.24, 2.45) is 0 Å². The van der Waals surface area contributed by atoms with E-state index in [1.807, 2.05) is 0 Å². The zero-order valence-corrected chi connectivity index (χ0v) is 8.40. The molecule has 0 rings (SSSR count). The maximum absolute atomic E-state index is 11.1. The second kappa shape index (κ2) is 5.21. The third-order valence-electron chi connectivity index (χ3n) is 1.67. The molecule has 0 aliphatic rings. The predicted octanol–water partition coefficient (Wildman–Crippen LogP) is -0.946. The van der Waals surface area contributed by atoms with Crippen molar-refractivity contribution in [3.63, 3.8) is 0 Å². The Balaban J connectivity index is 3.99. The number of carbonyl (C=O) groups excluding carboxylic acids is 2. The number of rotatable bonds is 4. The third kappa shape index (κ3) is 4.44. The minimum atomic E-state index is -1.11. The molecule has 2 N–H and O–H groups in total. The highest BCUT2D eigenvalue weighted by molar-refractivity contribution is 5.87. The Bertz CT molecular complexity index is 228. The van der Waals surface area contributed by atoms with Gasteiger partial charge in [-0.25, -0.2) is 0 Å². The van der Waals surface area contributed by atoms with E-state index in [-0.39, 0.29) is 12.5 Å². The van der Waals surface area contributed by atoms with E-state index >= 15 is 0 Å². The molecule has 0 radical (unpaired) electrons. The van der Waals surface area contributed by atoms with E-state index in [0.717, 1.165) is 0 Å². The summed E-state index contributed by atoms with van der Waals surface area (Å²) in [5.41, 5.74) is 0. The van der Waals surface area contributed by atoms with Crippen LogP contribution in [0.4, 0.5) is 0 Å². The molecule has 0 aliphatic heterocycles. The van der Waals surface area contributed by atoms with Gasteiger partial charge in [0.1, 0.15) is 6.04 Å². The molecular formula is C8H14N2O4. The Morgan fingerprint density at radius 1 is 1.43 bits per heavy atom. The molecule has 80 valence electrons. The van der Waals surface area contributed by atoms with Crippen molar-refractivity contribution < 1.29 is 19.5 Å². The summed E-state index contributed by atoms with van der Waals surface area (Å²) in [6.07, 6.45) is 0. The van der Waals surface area contributed by atoms with Crippen LogP contribution in [0.3, 0.4) is 0 Å². The number of hydrogen-bond donors (Lipinski definition) is 2. The fraction of sp³-hybridized carbons (Fsp3) is 0.625. The van der Waals surface area contributed by atoms with Gasteiger partial charge in [-0.15, -0.1) is 0 Å². The number of nitrogens with one attached hydrogen (secondary N) is 1. The first-order chi connectivity index (χ1) is 6.34. The zero-order valence-electron chi connectivity index (χ0n) is 8.40. The molecule has 6 nitrogen and oxygen atoms in total. The molecule has 2 amide bonds. The number of carbonyl (C=O) groups is 3. The number of amides is 2. The summed E-state index contributed by atoms with van der Waals surface area (Å²) in [7, 11) is 1.47. The summed E-state index contributed by atoms with van der Waals surface area (Å²) in [5, 5.41) is 10.7. The monoisotopic (exact) mass is 202 g/mol.